The summed E-state index contributed by atoms with van der Waals surface area (Å²) in [4.78, 5) is 2.32. The lowest BCUT2D eigenvalue weighted by molar-refractivity contribution is -0.00343. The van der Waals surface area contributed by atoms with Gasteiger partial charge in [-0.3, -0.25) is 4.90 Å². The molecule has 0 aromatic carbocycles. The third-order valence-electron chi connectivity index (χ3n) is 2.23. The van der Waals surface area contributed by atoms with Crippen LogP contribution < -0.4 is 0 Å². The van der Waals surface area contributed by atoms with Crippen LogP contribution in [-0.4, -0.2) is 37.2 Å². The van der Waals surface area contributed by atoms with Crippen LogP contribution in [0.25, 0.3) is 0 Å². The van der Waals surface area contributed by atoms with E-state index in [0.29, 0.717) is 6.04 Å². The van der Waals surface area contributed by atoms with Gasteiger partial charge in [-0.25, -0.2) is 0 Å². The number of nitriles is 1. The van der Waals surface area contributed by atoms with E-state index in [-0.39, 0.29) is 5.92 Å². The van der Waals surface area contributed by atoms with Crippen molar-refractivity contribution in [2.45, 2.75) is 19.9 Å². The fourth-order valence-corrected chi connectivity index (χ4v) is 1.43. The van der Waals surface area contributed by atoms with Crippen molar-refractivity contribution in [1.82, 2.24) is 4.90 Å². The lowest BCUT2D eigenvalue weighted by Gasteiger charge is -2.33. The highest BCUT2D eigenvalue weighted by Crippen LogP contribution is 2.08. The minimum absolute atomic E-state index is 0.130. The second kappa shape index (κ2) is 4.44. The van der Waals surface area contributed by atoms with E-state index in [0.717, 1.165) is 26.3 Å². The molecule has 0 N–H and O–H groups in total. The normalized spacial score (nSPS) is 27.9. The SMILES string of the molecule is CC(C#N)CN1CCOCC1C. The first-order chi connectivity index (χ1) is 5.74. The molecule has 0 bridgehead atoms. The van der Waals surface area contributed by atoms with Gasteiger partial charge in [0.15, 0.2) is 0 Å². The van der Waals surface area contributed by atoms with Crippen molar-refractivity contribution in [3.05, 3.63) is 0 Å². The fourth-order valence-electron chi connectivity index (χ4n) is 1.43. The molecule has 0 aromatic heterocycles. The first kappa shape index (κ1) is 9.50. The maximum absolute atomic E-state index is 8.64. The van der Waals surface area contributed by atoms with Crippen LogP contribution in [0.15, 0.2) is 0 Å². The average Bonchev–Trinajstić information content (AvgIpc) is 2.09. The van der Waals surface area contributed by atoms with Crippen molar-refractivity contribution in [2.24, 2.45) is 5.92 Å². The van der Waals surface area contributed by atoms with Gasteiger partial charge in [0.05, 0.1) is 25.2 Å². The van der Waals surface area contributed by atoms with Crippen LogP contribution in [0.4, 0.5) is 0 Å². The highest BCUT2D eigenvalue weighted by Gasteiger charge is 2.19. The lowest BCUT2D eigenvalue weighted by Crippen LogP contribution is -2.45. The third-order valence-corrected chi connectivity index (χ3v) is 2.23. The molecule has 1 rings (SSSR count). The van der Waals surface area contributed by atoms with E-state index in [1.54, 1.807) is 0 Å². The minimum atomic E-state index is 0.130. The molecule has 0 saturated carbocycles. The second-order valence-electron chi connectivity index (χ2n) is 3.45. The molecule has 0 radical (unpaired) electrons. The van der Waals surface area contributed by atoms with Gasteiger partial charge in [0.1, 0.15) is 0 Å². The van der Waals surface area contributed by atoms with Crippen LogP contribution in [0, 0.1) is 17.2 Å². The summed E-state index contributed by atoms with van der Waals surface area (Å²) in [5.74, 6) is 0.130. The smallest absolute Gasteiger partial charge is 0.0666 e. The molecule has 3 nitrogen and oxygen atoms in total. The Morgan fingerprint density at radius 1 is 1.75 bits per heavy atom. The Morgan fingerprint density at radius 3 is 3.08 bits per heavy atom. The summed E-state index contributed by atoms with van der Waals surface area (Å²) < 4.78 is 5.30. The zero-order valence-electron chi connectivity index (χ0n) is 7.79. The molecular formula is C9H16N2O. The number of nitrogens with zero attached hydrogens (tertiary/aromatic N) is 2. The van der Waals surface area contributed by atoms with E-state index in [2.05, 4.69) is 17.9 Å². The lowest BCUT2D eigenvalue weighted by atomic mass is 10.1. The third kappa shape index (κ3) is 2.47. The predicted octanol–water partition coefficient (Wildman–Crippen LogP) is 0.867. The van der Waals surface area contributed by atoms with Crippen LogP contribution in [0.1, 0.15) is 13.8 Å². The Hall–Kier alpha value is -0.590. The average molecular weight is 168 g/mol. The quantitative estimate of drug-likeness (QED) is 0.613. The number of rotatable bonds is 2. The molecule has 1 heterocycles. The van der Waals surface area contributed by atoms with Gasteiger partial charge >= 0.3 is 0 Å². The molecule has 2 unspecified atom stereocenters. The van der Waals surface area contributed by atoms with Crippen LogP contribution >= 0.6 is 0 Å². The Morgan fingerprint density at radius 2 is 2.50 bits per heavy atom. The molecule has 12 heavy (non-hydrogen) atoms. The standard InChI is InChI=1S/C9H16N2O/c1-8(5-10)6-11-3-4-12-7-9(11)2/h8-9H,3-4,6-7H2,1-2H3. The summed E-state index contributed by atoms with van der Waals surface area (Å²) in [5, 5.41) is 8.64. The molecule has 0 amide bonds. The Labute approximate surface area is 73.9 Å². The van der Waals surface area contributed by atoms with Gasteiger partial charge < -0.3 is 4.74 Å². The Bertz CT molecular complexity index is 176. The molecule has 2 atom stereocenters. The van der Waals surface area contributed by atoms with Gasteiger partial charge in [-0.05, 0) is 13.8 Å². The van der Waals surface area contributed by atoms with E-state index >= 15 is 0 Å². The molecule has 0 aromatic rings. The molecule has 1 aliphatic heterocycles. The first-order valence-electron chi connectivity index (χ1n) is 4.45. The van der Waals surface area contributed by atoms with Gasteiger partial charge in [0.25, 0.3) is 0 Å². The Balaban J connectivity index is 2.35. The molecule has 1 aliphatic rings. The van der Waals surface area contributed by atoms with Crippen LogP contribution in [0.3, 0.4) is 0 Å². The molecule has 1 fully saturated rings. The molecule has 68 valence electrons. The first-order valence-corrected chi connectivity index (χ1v) is 4.45. The number of morpholine rings is 1. The summed E-state index contributed by atoms with van der Waals surface area (Å²) in [6.45, 7) is 7.56. The fraction of sp³-hybridized carbons (Fsp3) is 0.889. The van der Waals surface area contributed by atoms with Crippen molar-refractivity contribution in [1.29, 1.82) is 5.26 Å². The molecule has 0 aliphatic carbocycles. The summed E-state index contributed by atoms with van der Waals surface area (Å²) in [6, 6.07) is 2.72. The predicted molar refractivity (Wildman–Crippen MR) is 46.6 cm³/mol. The summed E-state index contributed by atoms with van der Waals surface area (Å²) in [7, 11) is 0. The van der Waals surface area contributed by atoms with Crippen molar-refractivity contribution in [3.8, 4) is 6.07 Å². The zero-order chi connectivity index (χ0) is 8.97. The summed E-state index contributed by atoms with van der Waals surface area (Å²) in [5.41, 5.74) is 0. The van der Waals surface area contributed by atoms with Crippen molar-refractivity contribution < 1.29 is 4.74 Å². The van der Waals surface area contributed by atoms with Crippen LogP contribution in [0.5, 0.6) is 0 Å². The van der Waals surface area contributed by atoms with E-state index in [9.17, 15) is 0 Å². The van der Waals surface area contributed by atoms with E-state index in [1.165, 1.54) is 0 Å². The van der Waals surface area contributed by atoms with Crippen molar-refractivity contribution in [2.75, 3.05) is 26.3 Å². The van der Waals surface area contributed by atoms with E-state index < -0.39 is 0 Å². The number of hydrogen-bond donors (Lipinski definition) is 0. The van der Waals surface area contributed by atoms with Gasteiger partial charge in [-0.15, -0.1) is 0 Å². The van der Waals surface area contributed by atoms with Gasteiger partial charge in [0.2, 0.25) is 0 Å². The maximum Gasteiger partial charge on any atom is 0.0666 e. The Kier molecular flexibility index (Phi) is 3.51. The van der Waals surface area contributed by atoms with Crippen LogP contribution in [0.2, 0.25) is 0 Å². The van der Waals surface area contributed by atoms with Gasteiger partial charge in [-0.2, -0.15) is 5.26 Å². The highest BCUT2D eigenvalue weighted by molar-refractivity contribution is 4.83. The van der Waals surface area contributed by atoms with Gasteiger partial charge in [0, 0.05) is 19.1 Å². The van der Waals surface area contributed by atoms with Crippen molar-refractivity contribution >= 4 is 0 Å². The molecule has 1 saturated heterocycles. The molecule has 3 heteroatoms. The number of ether oxygens (including phenoxy) is 1. The van der Waals surface area contributed by atoms with Crippen LogP contribution in [-0.2, 0) is 4.74 Å². The van der Waals surface area contributed by atoms with Gasteiger partial charge in [-0.1, -0.05) is 0 Å². The largest absolute Gasteiger partial charge is 0.379 e. The van der Waals surface area contributed by atoms with E-state index in [1.807, 2.05) is 6.92 Å². The van der Waals surface area contributed by atoms with Crippen molar-refractivity contribution in [3.63, 3.8) is 0 Å². The zero-order valence-corrected chi connectivity index (χ0v) is 7.79. The second-order valence-corrected chi connectivity index (χ2v) is 3.45. The molecule has 0 spiro atoms. The van der Waals surface area contributed by atoms with E-state index in [4.69, 9.17) is 10.00 Å². The number of hydrogen-bond acceptors (Lipinski definition) is 3. The molecular weight excluding hydrogens is 152 g/mol. The summed E-state index contributed by atoms with van der Waals surface area (Å²) in [6.07, 6.45) is 0. The topological polar surface area (TPSA) is 36.3 Å². The highest BCUT2D eigenvalue weighted by atomic mass is 16.5. The monoisotopic (exact) mass is 168 g/mol. The minimum Gasteiger partial charge on any atom is -0.379 e. The summed E-state index contributed by atoms with van der Waals surface area (Å²) >= 11 is 0. The maximum atomic E-state index is 8.64.